The molecule has 96 valence electrons. The molecule has 0 atom stereocenters. The Balaban J connectivity index is 1.89. The number of nitrogens with one attached hydrogen (secondary N) is 1. The molecule has 0 aromatic carbocycles. The van der Waals surface area contributed by atoms with Gasteiger partial charge in [0, 0.05) is 17.3 Å². The Labute approximate surface area is 111 Å². The molecule has 1 N–H and O–H groups in total. The Morgan fingerprint density at radius 2 is 2.28 bits per heavy atom. The molecule has 0 amide bonds. The largest absolute Gasteiger partial charge is 0.459 e. The molecule has 1 fully saturated rings. The van der Waals surface area contributed by atoms with E-state index in [2.05, 4.69) is 10.7 Å². The van der Waals surface area contributed by atoms with Gasteiger partial charge in [-0.3, -0.25) is 0 Å². The number of thiazole rings is 1. The van der Waals surface area contributed by atoms with Gasteiger partial charge in [0.15, 0.2) is 10.8 Å². The van der Waals surface area contributed by atoms with E-state index in [1.807, 2.05) is 26.1 Å². The van der Waals surface area contributed by atoms with Gasteiger partial charge in [0.1, 0.15) is 5.76 Å². The molecule has 4 heteroatoms. The van der Waals surface area contributed by atoms with E-state index in [-0.39, 0.29) is 5.41 Å². The Hall–Kier alpha value is -1.13. The first-order chi connectivity index (χ1) is 8.73. The summed E-state index contributed by atoms with van der Waals surface area (Å²) in [7, 11) is 2.02. The predicted molar refractivity (Wildman–Crippen MR) is 74.0 cm³/mol. The number of furan rings is 1. The van der Waals surface area contributed by atoms with E-state index in [9.17, 15) is 0 Å². The van der Waals surface area contributed by atoms with Crippen molar-refractivity contribution in [1.82, 2.24) is 10.3 Å². The third-order valence-corrected chi connectivity index (χ3v) is 4.68. The fourth-order valence-corrected chi connectivity index (χ4v) is 3.55. The zero-order chi connectivity index (χ0) is 12.6. The number of hydrogen-bond acceptors (Lipinski definition) is 4. The second-order valence-electron chi connectivity index (χ2n) is 5.11. The highest BCUT2D eigenvalue weighted by Crippen LogP contribution is 2.44. The SMILES string of the molecule is CNCC1(c2csc(-c3ccc(C)o3)n2)CCC1. The lowest BCUT2D eigenvalue weighted by Crippen LogP contribution is -2.43. The normalized spacial score (nSPS) is 17.7. The highest BCUT2D eigenvalue weighted by atomic mass is 32.1. The van der Waals surface area contributed by atoms with Crippen molar-refractivity contribution in [2.24, 2.45) is 0 Å². The second kappa shape index (κ2) is 4.52. The van der Waals surface area contributed by atoms with Crippen LogP contribution >= 0.6 is 11.3 Å². The van der Waals surface area contributed by atoms with Crippen molar-refractivity contribution in [1.29, 1.82) is 0 Å². The fourth-order valence-electron chi connectivity index (χ4n) is 2.65. The Morgan fingerprint density at radius 1 is 1.44 bits per heavy atom. The topological polar surface area (TPSA) is 38.1 Å². The zero-order valence-corrected chi connectivity index (χ0v) is 11.6. The standard InChI is InChI=1S/C14H18N2OS/c1-10-4-5-11(17-10)13-16-12(8-18-13)14(9-15-2)6-3-7-14/h4-5,8,15H,3,6-7,9H2,1-2H3. The quantitative estimate of drug-likeness (QED) is 0.918. The van der Waals surface area contributed by atoms with Crippen LogP contribution in [0.2, 0.25) is 0 Å². The molecule has 0 saturated heterocycles. The van der Waals surface area contributed by atoms with Gasteiger partial charge in [-0.2, -0.15) is 0 Å². The fraction of sp³-hybridized carbons (Fsp3) is 0.500. The molecule has 1 aliphatic rings. The summed E-state index contributed by atoms with van der Waals surface area (Å²) in [5, 5.41) is 6.50. The number of hydrogen-bond donors (Lipinski definition) is 1. The van der Waals surface area contributed by atoms with Crippen LogP contribution in [-0.4, -0.2) is 18.6 Å². The summed E-state index contributed by atoms with van der Waals surface area (Å²) in [5.41, 5.74) is 1.50. The third-order valence-electron chi connectivity index (χ3n) is 3.82. The maximum Gasteiger partial charge on any atom is 0.162 e. The Bertz CT molecular complexity index is 539. The van der Waals surface area contributed by atoms with Crippen molar-refractivity contribution in [3.63, 3.8) is 0 Å². The summed E-state index contributed by atoms with van der Waals surface area (Å²) >= 11 is 1.69. The molecule has 1 aliphatic carbocycles. The Kier molecular flexibility index (Phi) is 2.99. The molecule has 0 unspecified atom stereocenters. The maximum atomic E-state index is 5.64. The first-order valence-electron chi connectivity index (χ1n) is 6.41. The zero-order valence-electron chi connectivity index (χ0n) is 10.8. The van der Waals surface area contributed by atoms with E-state index >= 15 is 0 Å². The minimum Gasteiger partial charge on any atom is -0.459 e. The average Bonchev–Trinajstić information content (AvgIpc) is 2.92. The van der Waals surface area contributed by atoms with Gasteiger partial charge in [-0.1, -0.05) is 6.42 Å². The van der Waals surface area contributed by atoms with Crippen LogP contribution in [0.3, 0.4) is 0 Å². The van der Waals surface area contributed by atoms with E-state index in [1.165, 1.54) is 25.0 Å². The monoisotopic (exact) mass is 262 g/mol. The van der Waals surface area contributed by atoms with Crippen LogP contribution in [0.15, 0.2) is 21.9 Å². The molecule has 2 aromatic rings. The second-order valence-corrected chi connectivity index (χ2v) is 5.97. The Morgan fingerprint density at radius 3 is 2.83 bits per heavy atom. The van der Waals surface area contributed by atoms with Crippen molar-refractivity contribution < 1.29 is 4.42 Å². The minimum absolute atomic E-state index is 0.269. The lowest BCUT2D eigenvalue weighted by Gasteiger charge is -2.40. The van der Waals surface area contributed by atoms with Gasteiger partial charge in [0.2, 0.25) is 0 Å². The molecule has 0 radical (unpaired) electrons. The van der Waals surface area contributed by atoms with Gasteiger partial charge in [-0.25, -0.2) is 4.98 Å². The van der Waals surface area contributed by atoms with E-state index in [0.29, 0.717) is 0 Å². The first-order valence-corrected chi connectivity index (χ1v) is 7.29. The third kappa shape index (κ3) is 1.89. The van der Waals surface area contributed by atoms with Crippen LogP contribution in [0.4, 0.5) is 0 Å². The van der Waals surface area contributed by atoms with E-state index in [4.69, 9.17) is 9.40 Å². The summed E-state index contributed by atoms with van der Waals surface area (Å²) in [6, 6.07) is 3.99. The molecule has 0 bridgehead atoms. The first kappa shape index (κ1) is 11.9. The summed E-state index contributed by atoms with van der Waals surface area (Å²) in [6.07, 6.45) is 3.80. The number of aryl methyl sites for hydroxylation is 1. The van der Waals surface area contributed by atoms with Gasteiger partial charge in [-0.05, 0) is 38.9 Å². The smallest absolute Gasteiger partial charge is 0.162 e. The van der Waals surface area contributed by atoms with E-state index in [0.717, 1.165) is 23.1 Å². The van der Waals surface area contributed by atoms with Crippen molar-refractivity contribution >= 4 is 11.3 Å². The number of rotatable bonds is 4. The minimum atomic E-state index is 0.269. The van der Waals surface area contributed by atoms with Crippen LogP contribution in [0.1, 0.15) is 30.7 Å². The van der Waals surface area contributed by atoms with Gasteiger partial charge < -0.3 is 9.73 Å². The molecular formula is C14H18N2OS. The van der Waals surface area contributed by atoms with Crippen LogP contribution in [-0.2, 0) is 5.41 Å². The average molecular weight is 262 g/mol. The van der Waals surface area contributed by atoms with Crippen molar-refractivity contribution in [2.75, 3.05) is 13.6 Å². The number of aromatic nitrogens is 1. The molecule has 2 heterocycles. The van der Waals surface area contributed by atoms with Crippen molar-refractivity contribution in [2.45, 2.75) is 31.6 Å². The number of likely N-dealkylation sites (N-methyl/N-ethyl adjacent to an activating group) is 1. The van der Waals surface area contributed by atoms with Crippen LogP contribution in [0, 0.1) is 6.92 Å². The molecule has 0 aliphatic heterocycles. The molecule has 0 spiro atoms. The molecule has 3 rings (SSSR count). The highest BCUT2D eigenvalue weighted by Gasteiger charge is 2.40. The summed E-state index contributed by atoms with van der Waals surface area (Å²) < 4.78 is 5.64. The summed E-state index contributed by atoms with van der Waals surface area (Å²) in [5.74, 6) is 1.83. The lowest BCUT2D eigenvalue weighted by molar-refractivity contribution is 0.233. The summed E-state index contributed by atoms with van der Waals surface area (Å²) in [6.45, 7) is 2.99. The van der Waals surface area contributed by atoms with Gasteiger partial charge in [0.05, 0.1) is 5.69 Å². The molecular weight excluding hydrogens is 244 g/mol. The van der Waals surface area contributed by atoms with Gasteiger partial charge in [-0.15, -0.1) is 11.3 Å². The molecule has 2 aromatic heterocycles. The van der Waals surface area contributed by atoms with Crippen LogP contribution in [0.5, 0.6) is 0 Å². The number of nitrogens with zero attached hydrogens (tertiary/aromatic N) is 1. The maximum absolute atomic E-state index is 5.64. The van der Waals surface area contributed by atoms with Crippen LogP contribution < -0.4 is 5.32 Å². The van der Waals surface area contributed by atoms with Crippen molar-refractivity contribution in [3.8, 4) is 10.8 Å². The highest BCUT2D eigenvalue weighted by molar-refractivity contribution is 7.13. The lowest BCUT2D eigenvalue weighted by atomic mass is 9.67. The predicted octanol–water partition coefficient (Wildman–Crippen LogP) is 3.35. The molecule has 18 heavy (non-hydrogen) atoms. The van der Waals surface area contributed by atoms with Crippen LogP contribution in [0.25, 0.3) is 10.8 Å². The van der Waals surface area contributed by atoms with Crippen molar-refractivity contribution in [3.05, 3.63) is 29.0 Å². The van der Waals surface area contributed by atoms with Gasteiger partial charge in [0.25, 0.3) is 0 Å². The van der Waals surface area contributed by atoms with Gasteiger partial charge >= 0.3 is 0 Å². The molecule has 3 nitrogen and oxygen atoms in total. The summed E-state index contributed by atoms with van der Waals surface area (Å²) in [4.78, 5) is 4.79. The van der Waals surface area contributed by atoms with E-state index in [1.54, 1.807) is 11.3 Å². The molecule has 1 saturated carbocycles. The van der Waals surface area contributed by atoms with E-state index < -0.39 is 0 Å².